The van der Waals surface area contributed by atoms with E-state index in [-0.39, 0.29) is 5.52 Å². The normalized spacial score (nSPS) is 17.4. The van der Waals surface area contributed by atoms with Crippen LogP contribution in [0.3, 0.4) is 0 Å². The van der Waals surface area contributed by atoms with Crippen LogP contribution < -0.4 is 0 Å². The largest absolute Gasteiger partial charge is 0.318 e. The molecule has 22 heavy (non-hydrogen) atoms. The third kappa shape index (κ3) is 4.56. The topological polar surface area (TPSA) is 34.1 Å². The van der Waals surface area contributed by atoms with Gasteiger partial charge < -0.3 is 4.57 Å². The second kappa shape index (κ2) is 8.11. The lowest BCUT2D eigenvalue weighted by molar-refractivity contribution is 0.107. The quantitative estimate of drug-likeness (QED) is 0.633. The molecule has 2 nitrogen and oxygen atoms in total. The number of rotatable bonds is 6. The lowest BCUT2D eigenvalue weighted by atomic mass is 9.86. The molecule has 0 amide bonds. The molecule has 0 spiro atoms. The Balaban J connectivity index is 1.91. The second-order valence-corrected chi connectivity index (χ2v) is 8.72. The van der Waals surface area contributed by atoms with Crippen LogP contribution in [0.5, 0.6) is 0 Å². The Kier molecular flexibility index (Phi) is 6.44. The van der Waals surface area contributed by atoms with E-state index in [0.29, 0.717) is 11.7 Å². The first-order valence-corrected chi connectivity index (χ1v) is 10.3. The second-order valence-electron chi connectivity index (χ2n) is 6.92. The van der Waals surface area contributed by atoms with Gasteiger partial charge in [-0.05, 0) is 44.2 Å². The van der Waals surface area contributed by atoms with E-state index in [0.717, 1.165) is 35.4 Å². The van der Waals surface area contributed by atoms with Crippen LogP contribution in [0, 0.1) is 26.7 Å². The zero-order valence-electron chi connectivity index (χ0n) is 14.2. The highest BCUT2D eigenvalue weighted by atomic mass is 31.1. The number of hydrogen-bond acceptors (Lipinski definition) is 2. The summed E-state index contributed by atoms with van der Waals surface area (Å²) in [5.41, 5.74) is 3.68. The molecule has 0 bridgehead atoms. The fraction of sp³-hybridized carbons (Fsp3) is 0.632. The smallest absolute Gasteiger partial charge is 0.219 e. The maximum atomic E-state index is 12.5. The molecule has 0 aromatic heterocycles. The molecule has 1 aliphatic carbocycles. The zero-order valence-corrected chi connectivity index (χ0v) is 15.2. The average Bonchev–Trinajstić information content (AvgIpc) is 2.47. The predicted octanol–water partition coefficient (Wildman–Crippen LogP) is 5.67. The van der Waals surface area contributed by atoms with Gasteiger partial charge in [-0.25, -0.2) is 0 Å². The minimum absolute atomic E-state index is 0.108. The van der Waals surface area contributed by atoms with E-state index in [2.05, 4.69) is 0 Å². The van der Waals surface area contributed by atoms with E-state index in [1.807, 2.05) is 32.9 Å². The Morgan fingerprint density at radius 2 is 1.68 bits per heavy atom. The van der Waals surface area contributed by atoms with Crippen molar-refractivity contribution in [1.29, 1.82) is 0 Å². The van der Waals surface area contributed by atoms with Crippen LogP contribution in [0.1, 0.15) is 72.0 Å². The first-order chi connectivity index (χ1) is 10.5. The first-order valence-electron chi connectivity index (χ1n) is 8.64. The van der Waals surface area contributed by atoms with Crippen molar-refractivity contribution in [2.45, 2.75) is 65.7 Å². The molecule has 1 fully saturated rings. The van der Waals surface area contributed by atoms with Gasteiger partial charge in [0.15, 0.2) is 0 Å². The van der Waals surface area contributed by atoms with Gasteiger partial charge in [0.25, 0.3) is 0 Å². The van der Waals surface area contributed by atoms with Crippen molar-refractivity contribution in [1.82, 2.24) is 0 Å². The highest BCUT2D eigenvalue weighted by Gasteiger charge is 2.20. The van der Waals surface area contributed by atoms with Crippen LogP contribution in [-0.4, -0.2) is 11.7 Å². The highest BCUT2D eigenvalue weighted by Crippen LogP contribution is 2.34. The summed E-state index contributed by atoms with van der Waals surface area (Å²) in [5.74, 6) is 0.807. The number of hydrogen-bond donors (Lipinski definition) is 0. The Labute approximate surface area is 135 Å². The predicted molar refractivity (Wildman–Crippen MR) is 94.7 cm³/mol. The van der Waals surface area contributed by atoms with Gasteiger partial charge in [-0.3, -0.25) is 4.79 Å². The van der Waals surface area contributed by atoms with Crippen molar-refractivity contribution in [3.05, 3.63) is 34.4 Å². The van der Waals surface area contributed by atoms with Gasteiger partial charge in [-0.2, -0.15) is 0 Å². The van der Waals surface area contributed by atoms with Crippen LogP contribution in [0.25, 0.3) is 0 Å². The van der Waals surface area contributed by atoms with E-state index in [9.17, 15) is 9.36 Å². The summed E-state index contributed by atoms with van der Waals surface area (Å²) in [6.07, 6.45) is 9.40. The third-order valence-corrected chi connectivity index (χ3v) is 6.46. The molecule has 1 atom stereocenters. The average molecular weight is 320 g/mol. The monoisotopic (exact) mass is 320 g/mol. The van der Waals surface area contributed by atoms with Crippen LogP contribution in [0.15, 0.2) is 12.1 Å². The summed E-state index contributed by atoms with van der Waals surface area (Å²) in [6, 6.07) is 4.02. The van der Waals surface area contributed by atoms with Gasteiger partial charge in [0.1, 0.15) is 7.80 Å². The molecule has 0 N–H and O–H groups in total. The summed E-state index contributed by atoms with van der Waals surface area (Å²) >= 11 is 0. The standard InChI is InChI=1S/C19H29O2P/c1-14-12-15(2)18(16(3)13-14)19(20)22(21)11-7-10-17-8-5-4-6-9-17/h12-13,17,22H,4-11H2,1-3H3. The number of carbonyl (C=O) groups excluding carboxylic acids is 1. The van der Waals surface area contributed by atoms with Crippen LogP contribution >= 0.6 is 7.80 Å². The van der Waals surface area contributed by atoms with Crippen molar-refractivity contribution in [2.24, 2.45) is 5.92 Å². The third-order valence-electron chi connectivity index (χ3n) is 4.90. The summed E-state index contributed by atoms with van der Waals surface area (Å²) in [5, 5.41) is 0. The molecular formula is C19H29O2P. The van der Waals surface area contributed by atoms with Gasteiger partial charge in [0.2, 0.25) is 5.52 Å². The molecule has 1 unspecified atom stereocenters. The summed E-state index contributed by atoms with van der Waals surface area (Å²) < 4.78 is 12.4. The molecule has 1 aliphatic rings. The Morgan fingerprint density at radius 1 is 1.09 bits per heavy atom. The van der Waals surface area contributed by atoms with Crippen LogP contribution in [0.2, 0.25) is 0 Å². The molecule has 0 heterocycles. The fourth-order valence-corrected chi connectivity index (χ4v) is 5.24. The first kappa shape index (κ1) is 17.5. The minimum atomic E-state index is -2.17. The molecule has 1 saturated carbocycles. The van der Waals surface area contributed by atoms with Gasteiger partial charge in [0.05, 0.1) is 0 Å². The Hall–Kier alpha value is -0.880. The van der Waals surface area contributed by atoms with Gasteiger partial charge in [0, 0.05) is 11.7 Å². The molecule has 2 rings (SSSR count). The Bertz CT molecular complexity index is 534. The molecule has 0 saturated heterocycles. The Morgan fingerprint density at radius 3 is 2.27 bits per heavy atom. The van der Waals surface area contributed by atoms with Crippen molar-refractivity contribution < 1.29 is 9.36 Å². The summed E-state index contributed by atoms with van der Waals surface area (Å²) in [6.45, 7) is 5.93. The maximum Gasteiger partial charge on any atom is 0.219 e. The van der Waals surface area contributed by atoms with E-state index < -0.39 is 7.80 Å². The maximum absolute atomic E-state index is 12.5. The molecular weight excluding hydrogens is 291 g/mol. The number of benzene rings is 1. The van der Waals surface area contributed by atoms with Gasteiger partial charge in [-0.15, -0.1) is 0 Å². The van der Waals surface area contributed by atoms with Crippen molar-refractivity contribution in [3.63, 3.8) is 0 Å². The number of aryl methyl sites for hydroxylation is 3. The van der Waals surface area contributed by atoms with Crippen LogP contribution in [0.4, 0.5) is 0 Å². The fourth-order valence-electron chi connectivity index (χ4n) is 3.82. The molecule has 3 heteroatoms. The molecule has 0 radical (unpaired) electrons. The van der Waals surface area contributed by atoms with Crippen molar-refractivity contribution in [2.75, 3.05) is 6.16 Å². The lowest BCUT2D eigenvalue weighted by Gasteiger charge is -2.21. The molecule has 0 aliphatic heterocycles. The summed E-state index contributed by atoms with van der Waals surface area (Å²) in [4.78, 5) is 12.5. The summed E-state index contributed by atoms with van der Waals surface area (Å²) in [7, 11) is -2.17. The van der Waals surface area contributed by atoms with Crippen LogP contribution in [-0.2, 0) is 4.57 Å². The highest BCUT2D eigenvalue weighted by molar-refractivity contribution is 7.64. The van der Waals surface area contributed by atoms with E-state index >= 15 is 0 Å². The zero-order chi connectivity index (χ0) is 16.1. The van der Waals surface area contributed by atoms with E-state index in [1.165, 1.54) is 32.1 Å². The van der Waals surface area contributed by atoms with Crippen molar-refractivity contribution in [3.8, 4) is 0 Å². The number of carbonyl (C=O) groups is 1. The minimum Gasteiger partial charge on any atom is -0.318 e. The van der Waals surface area contributed by atoms with Gasteiger partial charge >= 0.3 is 0 Å². The molecule has 1 aromatic carbocycles. The van der Waals surface area contributed by atoms with Gasteiger partial charge in [-0.1, -0.05) is 56.2 Å². The lowest BCUT2D eigenvalue weighted by Crippen LogP contribution is -2.07. The van der Waals surface area contributed by atoms with E-state index in [1.54, 1.807) is 0 Å². The SMILES string of the molecule is Cc1cc(C)c(C(=O)[PH](=O)CCCC2CCCCC2)c(C)c1. The van der Waals surface area contributed by atoms with E-state index in [4.69, 9.17) is 0 Å². The van der Waals surface area contributed by atoms with Crippen molar-refractivity contribution >= 4 is 13.3 Å². The molecule has 1 aromatic rings. The molecule has 122 valence electrons.